The van der Waals surface area contributed by atoms with E-state index in [4.69, 9.17) is 11.6 Å². The first-order valence-corrected chi connectivity index (χ1v) is 6.44. The Morgan fingerprint density at radius 3 is 2.42 bits per heavy atom. The lowest BCUT2D eigenvalue weighted by Crippen LogP contribution is -2.18. The van der Waals surface area contributed by atoms with Gasteiger partial charge in [0.1, 0.15) is 0 Å². The predicted octanol–water partition coefficient (Wildman–Crippen LogP) is 4.03. The van der Waals surface area contributed by atoms with Gasteiger partial charge in [0, 0.05) is 13.1 Å². The molecule has 0 amide bonds. The minimum Gasteiger partial charge on any atom is -0.311 e. The zero-order valence-corrected chi connectivity index (χ0v) is 11.0. The molecule has 0 aliphatic carbocycles. The molecule has 0 aliphatic rings. The van der Waals surface area contributed by atoms with Gasteiger partial charge in [0.05, 0.1) is 5.38 Å². The van der Waals surface area contributed by atoms with Gasteiger partial charge in [-0.2, -0.15) is 0 Å². The maximum absolute atomic E-state index is 13.0. The molecule has 0 aromatic heterocycles. The highest BCUT2D eigenvalue weighted by molar-refractivity contribution is 6.21. The molecule has 0 aliphatic heterocycles. The van der Waals surface area contributed by atoms with Crippen molar-refractivity contribution in [3.05, 3.63) is 71.3 Å². The van der Waals surface area contributed by atoms with Crippen molar-refractivity contribution in [2.75, 3.05) is 6.54 Å². The summed E-state index contributed by atoms with van der Waals surface area (Å²) in [5.41, 5.74) is 1.72. The van der Waals surface area contributed by atoms with E-state index in [0.29, 0.717) is 18.7 Å². The molecule has 2 rings (SSSR count). The number of hydrogen-bond donors (Lipinski definition) is 1. The summed E-state index contributed by atoms with van der Waals surface area (Å²) in [5.74, 6) is -1.66. The van der Waals surface area contributed by atoms with Crippen LogP contribution >= 0.6 is 11.6 Å². The highest BCUT2D eigenvalue weighted by Crippen LogP contribution is 2.18. The van der Waals surface area contributed by atoms with Crippen molar-refractivity contribution in [3.8, 4) is 0 Å². The van der Waals surface area contributed by atoms with E-state index in [1.165, 1.54) is 6.07 Å². The largest absolute Gasteiger partial charge is 0.311 e. The Morgan fingerprint density at radius 1 is 1.00 bits per heavy atom. The Balaban J connectivity index is 1.85. The van der Waals surface area contributed by atoms with Crippen LogP contribution in [0.2, 0.25) is 0 Å². The Morgan fingerprint density at radius 2 is 1.74 bits per heavy atom. The van der Waals surface area contributed by atoms with Crippen LogP contribution in [0.3, 0.4) is 0 Å². The van der Waals surface area contributed by atoms with Crippen LogP contribution in [0.4, 0.5) is 8.78 Å². The molecule has 0 bridgehead atoms. The molecule has 2 aromatic rings. The lowest BCUT2D eigenvalue weighted by molar-refractivity contribution is 0.506. The Kier molecular flexibility index (Phi) is 4.88. The Labute approximate surface area is 116 Å². The summed E-state index contributed by atoms with van der Waals surface area (Å²) in [6.45, 7) is 1.01. The highest BCUT2D eigenvalue weighted by Gasteiger charge is 2.07. The van der Waals surface area contributed by atoms with Crippen molar-refractivity contribution in [3.63, 3.8) is 0 Å². The SMILES string of the molecule is Fc1ccc(CNCC(Cl)c2ccccc2)cc1F. The van der Waals surface area contributed by atoms with Gasteiger partial charge in [-0.05, 0) is 23.3 Å². The van der Waals surface area contributed by atoms with Gasteiger partial charge in [-0.1, -0.05) is 36.4 Å². The molecular weight excluding hydrogens is 268 g/mol. The second kappa shape index (κ2) is 6.64. The second-order valence-corrected chi connectivity index (χ2v) is 4.78. The first-order chi connectivity index (χ1) is 9.16. The normalized spacial score (nSPS) is 12.4. The van der Waals surface area contributed by atoms with Crippen molar-refractivity contribution in [1.82, 2.24) is 5.32 Å². The van der Waals surface area contributed by atoms with Crippen molar-refractivity contribution in [1.29, 1.82) is 0 Å². The molecule has 0 fully saturated rings. The summed E-state index contributed by atoms with van der Waals surface area (Å²) in [6, 6.07) is 13.6. The summed E-state index contributed by atoms with van der Waals surface area (Å²) in [6.07, 6.45) is 0. The highest BCUT2D eigenvalue weighted by atomic mass is 35.5. The molecule has 0 saturated heterocycles. The van der Waals surface area contributed by atoms with Gasteiger partial charge in [0.2, 0.25) is 0 Å². The van der Waals surface area contributed by atoms with Crippen molar-refractivity contribution >= 4 is 11.6 Å². The average Bonchev–Trinajstić information content (AvgIpc) is 2.43. The topological polar surface area (TPSA) is 12.0 Å². The summed E-state index contributed by atoms with van der Waals surface area (Å²) >= 11 is 6.23. The van der Waals surface area contributed by atoms with E-state index in [2.05, 4.69) is 5.32 Å². The van der Waals surface area contributed by atoms with E-state index in [1.807, 2.05) is 30.3 Å². The fourth-order valence-electron chi connectivity index (χ4n) is 1.77. The quantitative estimate of drug-likeness (QED) is 0.816. The van der Waals surface area contributed by atoms with Gasteiger partial charge in [-0.25, -0.2) is 8.78 Å². The van der Waals surface area contributed by atoms with Crippen molar-refractivity contribution < 1.29 is 8.78 Å². The number of benzene rings is 2. The van der Waals surface area contributed by atoms with Crippen LogP contribution in [-0.4, -0.2) is 6.54 Å². The van der Waals surface area contributed by atoms with Crippen LogP contribution < -0.4 is 5.32 Å². The van der Waals surface area contributed by atoms with Crippen molar-refractivity contribution in [2.24, 2.45) is 0 Å². The maximum Gasteiger partial charge on any atom is 0.159 e. The summed E-state index contributed by atoms with van der Waals surface area (Å²) in [5, 5.41) is 2.98. The molecule has 4 heteroatoms. The second-order valence-electron chi connectivity index (χ2n) is 4.26. The molecule has 2 aromatic carbocycles. The fraction of sp³-hybridized carbons (Fsp3) is 0.200. The molecule has 19 heavy (non-hydrogen) atoms. The monoisotopic (exact) mass is 281 g/mol. The third kappa shape index (κ3) is 4.01. The lowest BCUT2D eigenvalue weighted by Gasteiger charge is -2.11. The first-order valence-electron chi connectivity index (χ1n) is 6.00. The Bertz CT molecular complexity index is 531. The smallest absolute Gasteiger partial charge is 0.159 e. The standard InChI is InChI=1S/C15H14ClF2N/c16-13(12-4-2-1-3-5-12)10-19-9-11-6-7-14(17)15(18)8-11/h1-8,13,19H,9-10H2. The average molecular weight is 282 g/mol. The lowest BCUT2D eigenvalue weighted by atomic mass is 10.1. The number of halogens is 3. The van der Waals surface area contributed by atoms with Gasteiger partial charge >= 0.3 is 0 Å². The predicted molar refractivity (Wildman–Crippen MR) is 73.1 cm³/mol. The van der Waals surface area contributed by atoms with Gasteiger partial charge in [0.15, 0.2) is 11.6 Å². The van der Waals surface area contributed by atoms with Gasteiger partial charge in [-0.3, -0.25) is 0 Å². The zero-order chi connectivity index (χ0) is 13.7. The Hall–Kier alpha value is -1.45. The molecule has 1 nitrogen and oxygen atoms in total. The molecule has 1 unspecified atom stereocenters. The van der Waals surface area contributed by atoms with Crippen LogP contribution in [0, 0.1) is 11.6 Å². The number of nitrogens with one attached hydrogen (secondary N) is 1. The van der Waals surface area contributed by atoms with Crippen LogP contribution in [0.1, 0.15) is 16.5 Å². The van der Waals surface area contributed by atoms with E-state index in [1.54, 1.807) is 6.07 Å². The van der Waals surface area contributed by atoms with Crippen molar-refractivity contribution in [2.45, 2.75) is 11.9 Å². The maximum atomic E-state index is 13.0. The molecular formula is C15H14ClF2N. The number of alkyl halides is 1. The number of rotatable bonds is 5. The van der Waals surface area contributed by atoms with E-state index < -0.39 is 11.6 Å². The molecule has 1 N–H and O–H groups in total. The van der Waals surface area contributed by atoms with E-state index in [-0.39, 0.29) is 5.38 Å². The van der Waals surface area contributed by atoms with E-state index in [9.17, 15) is 8.78 Å². The first kappa shape index (κ1) is 14.0. The molecule has 0 radical (unpaired) electrons. The summed E-state index contributed by atoms with van der Waals surface area (Å²) in [4.78, 5) is 0. The molecule has 1 atom stereocenters. The van der Waals surface area contributed by atoms with Crippen LogP contribution in [0.25, 0.3) is 0 Å². The van der Waals surface area contributed by atoms with E-state index in [0.717, 1.165) is 11.6 Å². The third-order valence-corrected chi connectivity index (χ3v) is 3.20. The third-order valence-electron chi connectivity index (χ3n) is 2.80. The van der Waals surface area contributed by atoms with Gasteiger partial charge < -0.3 is 5.32 Å². The number of hydrogen-bond acceptors (Lipinski definition) is 1. The van der Waals surface area contributed by atoms with Crippen LogP contribution in [0.5, 0.6) is 0 Å². The minimum absolute atomic E-state index is 0.147. The fourth-order valence-corrected chi connectivity index (χ4v) is 2.03. The molecule has 0 saturated carbocycles. The van der Waals surface area contributed by atoms with Crippen LogP contribution in [0.15, 0.2) is 48.5 Å². The molecule has 0 spiro atoms. The van der Waals surface area contributed by atoms with Gasteiger partial charge in [-0.15, -0.1) is 11.6 Å². The molecule has 0 heterocycles. The van der Waals surface area contributed by atoms with Gasteiger partial charge in [0.25, 0.3) is 0 Å². The van der Waals surface area contributed by atoms with E-state index >= 15 is 0 Å². The summed E-state index contributed by atoms with van der Waals surface area (Å²) in [7, 11) is 0. The molecule has 100 valence electrons. The zero-order valence-electron chi connectivity index (χ0n) is 10.2. The van der Waals surface area contributed by atoms with Crippen LogP contribution in [-0.2, 0) is 6.54 Å². The minimum atomic E-state index is -0.830. The summed E-state index contributed by atoms with van der Waals surface area (Å²) < 4.78 is 25.8.